The number of hydrogen-bond acceptors (Lipinski definition) is 3. The maximum Gasteiger partial charge on any atom is 0.101 e. The third-order valence-electron chi connectivity index (χ3n) is 1.52. The van der Waals surface area contributed by atoms with Gasteiger partial charge < -0.3 is 9.47 Å². The summed E-state index contributed by atoms with van der Waals surface area (Å²) in [6, 6.07) is 0. The molecule has 0 amide bonds. The zero-order valence-electron chi connectivity index (χ0n) is 8.18. The number of nitrogens with zero attached hydrogens (tertiary/aromatic N) is 1. The van der Waals surface area contributed by atoms with Gasteiger partial charge in [-0.25, -0.2) is 0 Å². The minimum atomic E-state index is 0.103. The average molecular weight is 161 g/mol. The van der Waals surface area contributed by atoms with Crippen molar-refractivity contribution in [2.24, 2.45) is 0 Å². The van der Waals surface area contributed by atoms with E-state index in [0.717, 1.165) is 0 Å². The molecule has 0 saturated heterocycles. The van der Waals surface area contributed by atoms with Gasteiger partial charge in [-0.2, -0.15) is 0 Å². The van der Waals surface area contributed by atoms with Gasteiger partial charge in [-0.1, -0.05) is 0 Å². The molecule has 3 heteroatoms. The van der Waals surface area contributed by atoms with Gasteiger partial charge in [-0.3, -0.25) is 4.90 Å². The van der Waals surface area contributed by atoms with E-state index in [2.05, 4.69) is 25.7 Å². The van der Waals surface area contributed by atoms with Crippen molar-refractivity contribution in [3.63, 3.8) is 0 Å². The second kappa shape index (κ2) is 4.70. The first-order chi connectivity index (χ1) is 5.02. The summed E-state index contributed by atoms with van der Waals surface area (Å²) >= 11 is 0. The van der Waals surface area contributed by atoms with Gasteiger partial charge in [0.2, 0.25) is 0 Å². The fourth-order valence-electron chi connectivity index (χ4n) is 0.736. The smallest absolute Gasteiger partial charge is 0.101 e. The van der Waals surface area contributed by atoms with Crippen molar-refractivity contribution in [3.8, 4) is 0 Å². The predicted molar refractivity (Wildman–Crippen MR) is 45.3 cm³/mol. The van der Waals surface area contributed by atoms with Crippen LogP contribution in [0.1, 0.15) is 20.8 Å². The van der Waals surface area contributed by atoms with Crippen molar-refractivity contribution in [1.29, 1.82) is 0 Å². The highest BCUT2D eigenvalue weighted by Gasteiger charge is 2.19. The van der Waals surface area contributed by atoms with Crippen LogP contribution in [0.25, 0.3) is 0 Å². The summed E-state index contributed by atoms with van der Waals surface area (Å²) < 4.78 is 10.1. The number of methoxy groups -OCH3 is 2. The molecule has 0 N–H and O–H groups in total. The lowest BCUT2D eigenvalue weighted by Crippen LogP contribution is -2.43. The predicted octanol–water partition coefficient (Wildman–Crippen LogP) is 1.29. The van der Waals surface area contributed by atoms with Gasteiger partial charge in [0, 0.05) is 19.8 Å². The molecule has 0 fully saturated rings. The number of ether oxygens (including phenoxy) is 2. The lowest BCUT2D eigenvalue weighted by atomic mass is 10.1. The fourth-order valence-corrected chi connectivity index (χ4v) is 0.736. The Balaban J connectivity index is 3.88. The highest BCUT2D eigenvalue weighted by molar-refractivity contribution is 4.71. The Morgan fingerprint density at radius 2 is 1.36 bits per heavy atom. The minimum absolute atomic E-state index is 0.103. The Hall–Kier alpha value is -0.120. The van der Waals surface area contributed by atoms with E-state index in [-0.39, 0.29) is 5.54 Å². The first-order valence-corrected chi connectivity index (χ1v) is 3.75. The zero-order valence-corrected chi connectivity index (χ0v) is 8.18. The minimum Gasteiger partial charge on any atom is -0.369 e. The van der Waals surface area contributed by atoms with Crippen LogP contribution in [0.4, 0.5) is 0 Å². The topological polar surface area (TPSA) is 21.7 Å². The molecule has 0 saturated carbocycles. The normalized spacial score (nSPS) is 12.5. The lowest BCUT2D eigenvalue weighted by molar-refractivity contribution is -0.0618. The van der Waals surface area contributed by atoms with Gasteiger partial charge in [-0.05, 0) is 20.8 Å². The molecule has 0 aromatic rings. The van der Waals surface area contributed by atoms with E-state index in [4.69, 9.17) is 9.47 Å². The van der Waals surface area contributed by atoms with Crippen LogP contribution in [0, 0.1) is 0 Å². The van der Waals surface area contributed by atoms with E-state index in [9.17, 15) is 0 Å². The Morgan fingerprint density at radius 1 is 1.00 bits per heavy atom. The van der Waals surface area contributed by atoms with Crippen LogP contribution >= 0.6 is 0 Å². The van der Waals surface area contributed by atoms with Crippen molar-refractivity contribution in [1.82, 2.24) is 4.90 Å². The van der Waals surface area contributed by atoms with E-state index in [1.54, 1.807) is 14.2 Å². The molecule has 0 aliphatic carbocycles. The quantitative estimate of drug-likeness (QED) is 0.580. The molecule has 0 aliphatic heterocycles. The van der Waals surface area contributed by atoms with Crippen LogP contribution < -0.4 is 0 Å². The number of hydrogen-bond donors (Lipinski definition) is 0. The summed E-state index contributed by atoms with van der Waals surface area (Å²) in [5, 5.41) is 0. The largest absolute Gasteiger partial charge is 0.369 e. The van der Waals surface area contributed by atoms with Crippen LogP contribution in [0.3, 0.4) is 0 Å². The SMILES string of the molecule is COCN(COC)C(C)(C)C. The maximum atomic E-state index is 5.03. The van der Waals surface area contributed by atoms with Gasteiger partial charge in [-0.15, -0.1) is 0 Å². The molecule has 11 heavy (non-hydrogen) atoms. The summed E-state index contributed by atoms with van der Waals surface area (Å²) in [5.41, 5.74) is 0.103. The molecule has 0 rings (SSSR count). The molecular weight excluding hydrogens is 142 g/mol. The van der Waals surface area contributed by atoms with Crippen molar-refractivity contribution in [2.45, 2.75) is 26.3 Å². The molecule has 0 unspecified atom stereocenters. The van der Waals surface area contributed by atoms with E-state index in [1.807, 2.05) is 0 Å². The van der Waals surface area contributed by atoms with Crippen LogP contribution in [0.5, 0.6) is 0 Å². The van der Waals surface area contributed by atoms with Gasteiger partial charge in [0.25, 0.3) is 0 Å². The Morgan fingerprint density at radius 3 is 1.55 bits per heavy atom. The molecule has 0 aromatic heterocycles. The first-order valence-electron chi connectivity index (χ1n) is 3.75. The van der Waals surface area contributed by atoms with Crippen LogP contribution in [0.15, 0.2) is 0 Å². The third-order valence-corrected chi connectivity index (χ3v) is 1.52. The van der Waals surface area contributed by atoms with Crippen molar-refractivity contribution in [3.05, 3.63) is 0 Å². The fraction of sp³-hybridized carbons (Fsp3) is 1.00. The average Bonchev–Trinajstić information content (AvgIpc) is 1.85. The summed E-state index contributed by atoms with van der Waals surface area (Å²) in [5.74, 6) is 0. The Bertz CT molecular complexity index is 92.8. The first kappa shape index (κ1) is 10.9. The lowest BCUT2D eigenvalue weighted by Gasteiger charge is -2.33. The zero-order chi connectivity index (χ0) is 8.91. The van der Waals surface area contributed by atoms with E-state index >= 15 is 0 Å². The van der Waals surface area contributed by atoms with Gasteiger partial charge >= 0.3 is 0 Å². The molecule has 0 aromatic carbocycles. The molecular formula is C8H19NO2. The molecule has 0 aliphatic rings. The second-order valence-corrected chi connectivity index (χ2v) is 3.55. The summed E-state index contributed by atoms with van der Waals surface area (Å²) in [6.45, 7) is 7.61. The van der Waals surface area contributed by atoms with Crippen molar-refractivity contribution < 1.29 is 9.47 Å². The third kappa shape index (κ3) is 4.35. The molecule has 0 radical (unpaired) electrons. The van der Waals surface area contributed by atoms with Crippen LogP contribution in [-0.2, 0) is 9.47 Å². The highest BCUT2D eigenvalue weighted by Crippen LogP contribution is 2.11. The summed E-state index contributed by atoms with van der Waals surface area (Å²) in [7, 11) is 3.38. The standard InChI is InChI=1S/C8H19NO2/c1-8(2,3)9(6-10-4)7-11-5/h6-7H2,1-5H3. The highest BCUT2D eigenvalue weighted by atomic mass is 16.5. The molecule has 68 valence electrons. The van der Waals surface area contributed by atoms with Crippen molar-refractivity contribution >= 4 is 0 Å². The Labute approximate surface area is 69.3 Å². The van der Waals surface area contributed by atoms with Gasteiger partial charge in [0.1, 0.15) is 13.5 Å². The monoisotopic (exact) mass is 161 g/mol. The maximum absolute atomic E-state index is 5.03. The van der Waals surface area contributed by atoms with Gasteiger partial charge in [0.05, 0.1) is 0 Å². The molecule has 0 spiro atoms. The number of rotatable bonds is 4. The van der Waals surface area contributed by atoms with Crippen LogP contribution in [-0.4, -0.2) is 38.1 Å². The summed E-state index contributed by atoms with van der Waals surface area (Å²) in [4.78, 5) is 2.10. The van der Waals surface area contributed by atoms with Crippen LogP contribution in [0.2, 0.25) is 0 Å². The molecule has 0 bridgehead atoms. The van der Waals surface area contributed by atoms with Crippen molar-refractivity contribution in [2.75, 3.05) is 27.7 Å². The molecule has 0 atom stereocenters. The van der Waals surface area contributed by atoms with E-state index in [1.165, 1.54) is 0 Å². The van der Waals surface area contributed by atoms with E-state index < -0.39 is 0 Å². The molecule has 3 nitrogen and oxygen atoms in total. The summed E-state index contributed by atoms with van der Waals surface area (Å²) in [6.07, 6.45) is 0. The van der Waals surface area contributed by atoms with E-state index in [0.29, 0.717) is 13.5 Å². The second-order valence-electron chi connectivity index (χ2n) is 3.55. The van der Waals surface area contributed by atoms with Gasteiger partial charge in [0.15, 0.2) is 0 Å². The Kier molecular flexibility index (Phi) is 4.65. The molecule has 0 heterocycles.